The predicted molar refractivity (Wildman–Crippen MR) is 66.9 cm³/mol. The Labute approximate surface area is 104 Å². The Balaban J connectivity index is 1.64. The largest absolute Gasteiger partial charge is 0.501 e. The van der Waals surface area contributed by atoms with Crippen LogP contribution in [0, 0.1) is 0 Å². The maximum Gasteiger partial charge on any atom is 0.0920 e. The summed E-state index contributed by atoms with van der Waals surface area (Å²) in [5.41, 5.74) is 1.32. The lowest BCUT2D eigenvalue weighted by atomic mass is 9.96. The van der Waals surface area contributed by atoms with Gasteiger partial charge in [-0.15, -0.1) is 0 Å². The maximum atomic E-state index is 5.73. The SMILES string of the molecule is CC1(CCOC=C2CCCCC2)COCCO1. The van der Waals surface area contributed by atoms with Crippen LogP contribution in [0.1, 0.15) is 45.4 Å². The predicted octanol–water partition coefficient (Wildman–Crippen LogP) is 3.05. The van der Waals surface area contributed by atoms with Crippen molar-refractivity contribution in [2.24, 2.45) is 0 Å². The summed E-state index contributed by atoms with van der Waals surface area (Å²) in [5, 5.41) is 0. The minimum atomic E-state index is -0.149. The normalized spacial score (nSPS) is 30.1. The van der Waals surface area contributed by atoms with Gasteiger partial charge in [0.15, 0.2) is 0 Å². The molecule has 1 saturated heterocycles. The molecule has 0 N–H and O–H groups in total. The molecule has 1 unspecified atom stereocenters. The molecule has 1 aliphatic heterocycles. The zero-order valence-electron chi connectivity index (χ0n) is 10.9. The highest BCUT2D eigenvalue weighted by Gasteiger charge is 2.28. The molecule has 1 atom stereocenters. The summed E-state index contributed by atoms with van der Waals surface area (Å²) in [7, 11) is 0. The van der Waals surface area contributed by atoms with E-state index < -0.39 is 0 Å². The van der Waals surface area contributed by atoms with Crippen LogP contribution in [0.4, 0.5) is 0 Å². The van der Waals surface area contributed by atoms with Crippen molar-refractivity contribution in [1.82, 2.24) is 0 Å². The summed E-state index contributed by atoms with van der Waals surface area (Å²) in [6.45, 7) is 4.94. The van der Waals surface area contributed by atoms with Gasteiger partial charge in [0.05, 0.1) is 38.3 Å². The van der Waals surface area contributed by atoms with Crippen LogP contribution >= 0.6 is 0 Å². The van der Waals surface area contributed by atoms with E-state index in [2.05, 4.69) is 6.92 Å². The summed E-state index contributed by atoms with van der Waals surface area (Å²) in [5.74, 6) is 0. The molecule has 0 aromatic rings. The number of rotatable bonds is 4. The van der Waals surface area contributed by atoms with Gasteiger partial charge < -0.3 is 14.2 Å². The molecule has 3 nitrogen and oxygen atoms in total. The van der Waals surface area contributed by atoms with Crippen LogP contribution in [0.5, 0.6) is 0 Å². The van der Waals surface area contributed by atoms with Gasteiger partial charge in [-0.05, 0) is 38.2 Å². The van der Waals surface area contributed by atoms with E-state index in [1.165, 1.54) is 37.7 Å². The van der Waals surface area contributed by atoms with Crippen LogP contribution in [-0.4, -0.2) is 32.0 Å². The van der Waals surface area contributed by atoms with Crippen molar-refractivity contribution in [3.05, 3.63) is 11.8 Å². The molecule has 1 saturated carbocycles. The van der Waals surface area contributed by atoms with E-state index in [1.807, 2.05) is 6.26 Å². The highest BCUT2D eigenvalue weighted by Crippen LogP contribution is 2.23. The lowest BCUT2D eigenvalue weighted by Crippen LogP contribution is -2.41. The number of ether oxygens (including phenoxy) is 3. The first-order valence-electron chi connectivity index (χ1n) is 6.80. The molecule has 0 amide bonds. The van der Waals surface area contributed by atoms with Gasteiger partial charge in [-0.25, -0.2) is 0 Å². The first-order valence-corrected chi connectivity index (χ1v) is 6.80. The fourth-order valence-electron chi connectivity index (χ4n) is 2.40. The zero-order valence-corrected chi connectivity index (χ0v) is 10.9. The molecule has 3 heteroatoms. The fraction of sp³-hybridized carbons (Fsp3) is 0.857. The van der Waals surface area contributed by atoms with Crippen LogP contribution in [0.25, 0.3) is 0 Å². The third-order valence-corrected chi connectivity index (χ3v) is 3.58. The molecule has 2 fully saturated rings. The molecule has 0 spiro atoms. The minimum Gasteiger partial charge on any atom is -0.501 e. The van der Waals surface area contributed by atoms with Crippen molar-refractivity contribution < 1.29 is 14.2 Å². The summed E-state index contributed by atoms with van der Waals surface area (Å²) >= 11 is 0. The number of hydrogen-bond acceptors (Lipinski definition) is 3. The number of allylic oxidation sites excluding steroid dienone is 1. The molecule has 1 heterocycles. The third kappa shape index (κ3) is 4.32. The van der Waals surface area contributed by atoms with E-state index in [0.717, 1.165) is 19.6 Å². The van der Waals surface area contributed by atoms with Crippen molar-refractivity contribution in [1.29, 1.82) is 0 Å². The Morgan fingerprint density at radius 3 is 2.76 bits per heavy atom. The van der Waals surface area contributed by atoms with Gasteiger partial charge in [0, 0.05) is 6.42 Å². The molecule has 0 radical (unpaired) electrons. The third-order valence-electron chi connectivity index (χ3n) is 3.58. The Bertz CT molecular complexity index is 246. The summed E-state index contributed by atoms with van der Waals surface area (Å²) in [6.07, 6.45) is 9.34. The first kappa shape index (κ1) is 12.9. The first-order chi connectivity index (χ1) is 8.29. The highest BCUT2D eigenvalue weighted by molar-refractivity contribution is 5.00. The van der Waals surface area contributed by atoms with Crippen LogP contribution in [0.15, 0.2) is 11.8 Å². The smallest absolute Gasteiger partial charge is 0.0920 e. The molecule has 98 valence electrons. The summed E-state index contributed by atoms with van der Waals surface area (Å²) < 4.78 is 16.8. The Morgan fingerprint density at radius 2 is 2.06 bits per heavy atom. The van der Waals surface area contributed by atoms with Gasteiger partial charge in [-0.3, -0.25) is 0 Å². The quantitative estimate of drug-likeness (QED) is 0.558. The molecule has 2 aliphatic rings. The topological polar surface area (TPSA) is 27.7 Å². The van der Waals surface area contributed by atoms with Crippen LogP contribution < -0.4 is 0 Å². The van der Waals surface area contributed by atoms with E-state index in [1.54, 1.807) is 0 Å². The van der Waals surface area contributed by atoms with Gasteiger partial charge in [0.1, 0.15) is 0 Å². The summed E-state index contributed by atoms with van der Waals surface area (Å²) in [6, 6.07) is 0. The second-order valence-electron chi connectivity index (χ2n) is 5.31. The van der Waals surface area contributed by atoms with Gasteiger partial charge in [-0.2, -0.15) is 0 Å². The molecule has 17 heavy (non-hydrogen) atoms. The van der Waals surface area contributed by atoms with Crippen LogP contribution in [0.3, 0.4) is 0 Å². The van der Waals surface area contributed by atoms with E-state index >= 15 is 0 Å². The molecular formula is C14H24O3. The Kier molecular flexibility index (Phi) is 4.86. The van der Waals surface area contributed by atoms with E-state index in [4.69, 9.17) is 14.2 Å². The standard InChI is InChI=1S/C14H24O3/c1-14(12-16-9-10-17-14)7-8-15-11-13-5-3-2-4-6-13/h11H,2-10,12H2,1H3. The minimum absolute atomic E-state index is 0.149. The Hall–Kier alpha value is -0.540. The highest BCUT2D eigenvalue weighted by atomic mass is 16.6. The molecule has 0 aromatic carbocycles. The van der Waals surface area contributed by atoms with Crippen LogP contribution in [0.2, 0.25) is 0 Å². The lowest BCUT2D eigenvalue weighted by molar-refractivity contribution is -0.154. The van der Waals surface area contributed by atoms with Crippen molar-refractivity contribution >= 4 is 0 Å². The fourth-order valence-corrected chi connectivity index (χ4v) is 2.40. The van der Waals surface area contributed by atoms with Crippen molar-refractivity contribution in [2.75, 3.05) is 26.4 Å². The zero-order chi connectivity index (χ0) is 12.0. The second kappa shape index (κ2) is 6.41. The molecular weight excluding hydrogens is 216 g/mol. The van der Waals surface area contributed by atoms with Crippen molar-refractivity contribution in [3.8, 4) is 0 Å². The van der Waals surface area contributed by atoms with Crippen molar-refractivity contribution in [2.45, 2.75) is 51.0 Å². The van der Waals surface area contributed by atoms with E-state index in [-0.39, 0.29) is 5.60 Å². The average Bonchev–Trinajstić information content (AvgIpc) is 2.37. The summed E-state index contributed by atoms with van der Waals surface area (Å²) in [4.78, 5) is 0. The molecule has 0 bridgehead atoms. The van der Waals surface area contributed by atoms with E-state index in [0.29, 0.717) is 13.2 Å². The van der Waals surface area contributed by atoms with Gasteiger partial charge in [0.2, 0.25) is 0 Å². The molecule has 1 aliphatic carbocycles. The second-order valence-corrected chi connectivity index (χ2v) is 5.31. The molecule has 2 rings (SSSR count). The van der Waals surface area contributed by atoms with Crippen molar-refractivity contribution in [3.63, 3.8) is 0 Å². The van der Waals surface area contributed by atoms with E-state index in [9.17, 15) is 0 Å². The van der Waals surface area contributed by atoms with Gasteiger partial charge in [-0.1, -0.05) is 6.42 Å². The van der Waals surface area contributed by atoms with Gasteiger partial charge >= 0.3 is 0 Å². The number of hydrogen-bond donors (Lipinski definition) is 0. The van der Waals surface area contributed by atoms with Crippen LogP contribution in [-0.2, 0) is 14.2 Å². The lowest BCUT2D eigenvalue weighted by Gasteiger charge is -2.33. The monoisotopic (exact) mass is 240 g/mol. The Morgan fingerprint density at radius 1 is 1.24 bits per heavy atom. The maximum absolute atomic E-state index is 5.73. The average molecular weight is 240 g/mol. The molecule has 0 aromatic heterocycles. The van der Waals surface area contributed by atoms with Gasteiger partial charge in [0.25, 0.3) is 0 Å².